The van der Waals surface area contributed by atoms with Gasteiger partial charge in [-0.1, -0.05) is 13.0 Å². The summed E-state index contributed by atoms with van der Waals surface area (Å²) in [5.41, 5.74) is 4.07. The number of nitrogens with zero attached hydrogens (tertiary/aromatic N) is 2. The molecule has 2 aliphatic rings. The molecule has 0 bridgehead atoms. The Hall–Kier alpha value is -1.22. The number of hydrogen-bond donors (Lipinski definition) is 0. The van der Waals surface area contributed by atoms with Gasteiger partial charge in [-0.3, -0.25) is 4.90 Å². The Morgan fingerprint density at radius 3 is 2.52 bits per heavy atom. The minimum atomic E-state index is -0.0484. The molecular formula is C18H28N2O. The predicted octanol–water partition coefficient (Wildman–Crippen LogP) is 3.24. The molecule has 2 aliphatic heterocycles. The highest BCUT2D eigenvalue weighted by molar-refractivity contribution is 5.61. The molecule has 0 aromatic heterocycles. The van der Waals surface area contributed by atoms with Crippen molar-refractivity contribution in [2.45, 2.75) is 46.1 Å². The van der Waals surface area contributed by atoms with Crippen molar-refractivity contribution in [1.82, 2.24) is 4.90 Å². The molecule has 0 amide bonds. The van der Waals surface area contributed by atoms with Gasteiger partial charge in [0, 0.05) is 44.4 Å². The highest BCUT2D eigenvalue weighted by Gasteiger charge is 2.31. The maximum atomic E-state index is 6.10. The second-order valence-electron chi connectivity index (χ2n) is 7.11. The van der Waals surface area contributed by atoms with E-state index in [2.05, 4.69) is 49.6 Å². The van der Waals surface area contributed by atoms with Crippen LogP contribution in [-0.2, 0) is 6.42 Å². The van der Waals surface area contributed by atoms with Gasteiger partial charge in [-0.15, -0.1) is 0 Å². The lowest BCUT2D eigenvalue weighted by Crippen LogP contribution is -2.46. The van der Waals surface area contributed by atoms with E-state index in [1.807, 2.05) is 0 Å². The maximum Gasteiger partial charge on any atom is 0.125 e. The summed E-state index contributed by atoms with van der Waals surface area (Å²) in [5, 5.41) is 0. The van der Waals surface area contributed by atoms with E-state index >= 15 is 0 Å². The predicted molar refractivity (Wildman–Crippen MR) is 88.5 cm³/mol. The summed E-state index contributed by atoms with van der Waals surface area (Å²) in [6.07, 6.45) is 2.27. The molecule has 0 spiro atoms. The van der Waals surface area contributed by atoms with E-state index in [9.17, 15) is 0 Å². The Kier molecular flexibility index (Phi) is 3.87. The molecule has 3 nitrogen and oxygen atoms in total. The van der Waals surface area contributed by atoms with E-state index in [1.165, 1.54) is 42.9 Å². The fraction of sp³-hybridized carbons (Fsp3) is 0.667. The molecule has 0 atom stereocenters. The van der Waals surface area contributed by atoms with Gasteiger partial charge in [0.05, 0.1) is 0 Å². The fourth-order valence-electron chi connectivity index (χ4n) is 3.63. The lowest BCUT2D eigenvalue weighted by Gasteiger charge is -2.36. The lowest BCUT2D eigenvalue weighted by molar-refractivity contribution is 0.138. The molecule has 1 fully saturated rings. The van der Waals surface area contributed by atoms with Crippen LogP contribution in [0.2, 0.25) is 0 Å². The third-order valence-electron chi connectivity index (χ3n) is 4.63. The molecule has 0 N–H and O–H groups in total. The third kappa shape index (κ3) is 3.03. The molecule has 21 heavy (non-hydrogen) atoms. The van der Waals surface area contributed by atoms with Crippen LogP contribution in [0.15, 0.2) is 12.1 Å². The molecule has 0 aliphatic carbocycles. The molecule has 1 aromatic carbocycles. The fourth-order valence-corrected chi connectivity index (χ4v) is 3.63. The Morgan fingerprint density at radius 1 is 1.14 bits per heavy atom. The van der Waals surface area contributed by atoms with Crippen molar-refractivity contribution in [1.29, 1.82) is 0 Å². The van der Waals surface area contributed by atoms with Crippen LogP contribution < -0.4 is 9.64 Å². The van der Waals surface area contributed by atoms with E-state index in [4.69, 9.17) is 4.74 Å². The van der Waals surface area contributed by atoms with Crippen LogP contribution in [0.1, 0.15) is 38.3 Å². The van der Waals surface area contributed by atoms with Crippen molar-refractivity contribution in [2.75, 3.05) is 37.6 Å². The first-order valence-corrected chi connectivity index (χ1v) is 8.28. The average Bonchev–Trinajstić information content (AvgIpc) is 2.72. The van der Waals surface area contributed by atoms with Crippen molar-refractivity contribution in [3.05, 3.63) is 23.3 Å². The quantitative estimate of drug-likeness (QED) is 0.849. The normalized spacial score (nSPS) is 21.2. The van der Waals surface area contributed by atoms with Crippen molar-refractivity contribution in [3.8, 4) is 5.75 Å². The van der Waals surface area contributed by atoms with Gasteiger partial charge in [0.25, 0.3) is 0 Å². The summed E-state index contributed by atoms with van der Waals surface area (Å²) < 4.78 is 6.10. The molecule has 0 radical (unpaired) electrons. The highest BCUT2D eigenvalue weighted by Crippen LogP contribution is 2.39. The number of piperazine rings is 1. The minimum absolute atomic E-state index is 0.0484. The summed E-state index contributed by atoms with van der Waals surface area (Å²) in [4.78, 5) is 5.09. The molecule has 116 valence electrons. The third-order valence-corrected chi connectivity index (χ3v) is 4.63. The van der Waals surface area contributed by atoms with Crippen molar-refractivity contribution < 1.29 is 4.74 Å². The molecule has 3 rings (SSSR count). The molecular weight excluding hydrogens is 260 g/mol. The van der Waals surface area contributed by atoms with Crippen LogP contribution in [0.25, 0.3) is 0 Å². The first-order chi connectivity index (χ1) is 9.98. The van der Waals surface area contributed by atoms with Crippen LogP contribution in [0, 0.1) is 6.92 Å². The first kappa shape index (κ1) is 14.7. The molecule has 3 heteroatoms. The van der Waals surface area contributed by atoms with Gasteiger partial charge >= 0.3 is 0 Å². The molecule has 0 unspecified atom stereocenters. The van der Waals surface area contributed by atoms with Crippen LogP contribution in [0.3, 0.4) is 0 Å². The van der Waals surface area contributed by atoms with Crippen molar-refractivity contribution in [2.24, 2.45) is 0 Å². The van der Waals surface area contributed by atoms with E-state index < -0.39 is 0 Å². The Balaban J connectivity index is 1.76. The number of hydrogen-bond acceptors (Lipinski definition) is 3. The summed E-state index contributed by atoms with van der Waals surface area (Å²) in [6.45, 7) is 14.7. The van der Waals surface area contributed by atoms with Gasteiger partial charge in [-0.05, 0) is 44.9 Å². The second kappa shape index (κ2) is 5.53. The Labute approximate surface area is 128 Å². The summed E-state index contributed by atoms with van der Waals surface area (Å²) in [6, 6.07) is 4.60. The standard InChI is InChI=1S/C18H28N2O/c1-5-6-19-7-9-20(10-8-19)16-12-17-15(11-14(16)2)13-18(3,4)21-17/h11-12H,5-10,13H2,1-4H3. The number of ether oxygens (including phenoxy) is 1. The SMILES string of the molecule is CCCN1CCN(c2cc3c(cc2C)CC(C)(C)O3)CC1. The second-order valence-corrected chi connectivity index (χ2v) is 7.11. The zero-order valence-corrected chi connectivity index (χ0v) is 13.9. The largest absolute Gasteiger partial charge is 0.487 e. The zero-order valence-electron chi connectivity index (χ0n) is 13.9. The summed E-state index contributed by atoms with van der Waals surface area (Å²) in [5.74, 6) is 1.09. The van der Waals surface area contributed by atoms with Crippen LogP contribution in [0.5, 0.6) is 5.75 Å². The average molecular weight is 288 g/mol. The number of fused-ring (bicyclic) bond motifs is 1. The van der Waals surface area contributed by atoms with Crippen LogP contribution >= 0.6 is 0 Å². The monoisotopic (exact) mass is 288 g/mol. The van der Waals surface area contributed by atoms with E-state index in [1.54, 1.807) is 0 Å². The molecule has 1 aromatic rings. The molecule has 1 saturated heterocycles. The van der Waals surface area contributed by atoms with Gasteiger partial charge in [0.15, 0.2) is 0 Å². The van der Waals surface area contributed by atoms with E-state index in [0.717, 1.165) is 25.3 Å². The Bertz CT molecular complexity index is 516. The van der Waals surface area contributed by atoms with E-state index in [0.29, 0.717) is 0 Å². The van der Waals surface area contributed by atoms with Gasteiger partial charge in [0.2, 0.25) is 0 Å². The molecule has 0 saturated carbocycles. The summed E-state index contributed by atoms with van der Waals surface area (Å²) in [7, 11) is 0. The van der Waals surface area contributed by atoms with Gasteiger partial charge in [-0.2, -0.15) is 0 Å². The van der Waals surface area contributed by atoms with Gasteiger partial charge in [-0.25, -0.2) is 0 Å². The van der Waals surface area contributed by atoms with E-state index in [-0.39, 0.29) is 5.60 Å². The maximum absolute atomic E-state index is 6.10. The molecule has 2 heterocycles. The number of benzene rings is 1. The zero-order chi connectivity index (χ0) is 15.0. The Morgan fingerprint density at radius 2 is 1.86 bits per heavy atom. The van der Waals surface area contributed by atoms with Gasteiger partial charge < -0.3 is 9.64 Å². The van der Waals surface area contributed by atoms with Crippen LogP contribution in [-0.4, -0.2) is 43.2 Å². The minimum Gasteiger partial charge on any atom is -0.487 e. The first-order valence-electron chi connectivity index (χ1n) is 8.28. The highest BCUT2D eigenvalue weighted by atomic mass is 16.5. The number of anilines is 1. The van der Waals surface area contributed by atoms with Crippen molar-refractivity contribution >= 4 is 5.69 Å². The number of rotatable bonds is 3. The van der Waals surface area contributed by atoms with Crippen molar-refractivity contribution in [3.63, 3.8) is 0 Å². The van der Waals surface area contributed by atoms with Crippen LogP contribution in [0.4, 0.5) is 5.69 Å². The number of aryl methyl sites for hydroxylation is 1. The topological polar surface area (TPSA) is 15.7 Å². The van der Waals surface area contributed by atoms with Gasteiger partial charge in [0.1, 0.15) is 11.4 Å². The summed E-state index contributed by atoms with van der Waals surface area (Å²) >= 11 is 0. The smallest absolute Gasteiger partial charge is 0.125 e. The lowest BCUT2D eigenvalue weighted by atomic mass is 9.99.